The molecule has 0 unspecified atom stereocenters. The Morgan fingerprint density at radius 3 is 2.34 bits per heavy atom. The average Bonchev–Trinajstić information content (AvgIpc) is 2.80. The summed E-state index contributed by atoms with van der Waals surface area (Å²) >= 11 is 0. The van der Waals surface area contributed by atoms with Crippen LogP contribution in [0.2, 0.25) is 0 Å². The Bertz CT molecular complexity index is 1040. The molecular formula is C25H35N3O3S. The van der Waals surface area contributed by atoms with E-state index >= 15 is 0 Å². The monoisotopic (exact) mass is 457 g/mol. The number of amides is 1. The molecule has 7 heteroatoms. The molecule has 0 bridgehead atoms. The van der Waals surface area contributed by atoms with Gasteiger partial charge in [0.15, 0.2) is 0 Å². The van der Waals surface area contributed by atoms with Gasteiger partial charge in [0.1, 0.15) is 0 Å². The summed E-state index contributed by atoms with van der Waals surface area (Å²) in [5, 5.41) is 3.03. The second kappa shape index (κ2) is 10.5. The number of rotatable bonds is 8. The van der Waals surface area contributed by atoms with E-state index in [-0.39, 0.29) is 10.8 Å². The number of hydrogen-bond acceptors (Lipinski definition) is 4. The Hall–Kier alpha value is -2.38. The lowest BCUT2D eigenvalue weighted by atomic mass is 9.98. The van der Waals surface area contributed by atoms with E-state index in [9.17, 15) is 13.2 Å². The summed E-state index contributed by atoms with van der Waals surface area (Å²) in [5.74, 6) is 0.374. The second-order valence-electron chi connectivity index (χ2n) is 8.40. The van der Waals surface area contributed by atoms with Crippen LogP contribution in [0, 0.1) is 5.92 Å². The third kappa shape index (κ3) is 5.15. The number of carbonyl (C=O) groups excluding carboxylic acids is 1. The van der Waals surface area contributed by atoms with Crippen molar-refractivity contribution < 1.29 is 13.2 Å². The first-order chi connectivity index (χ1) is 15.3. The van der Waals surface area contributed by atoms with Crippen LogP contribution in [-0.2, 0) is 16.4 Å². The highest BCUT2D eigenvalue weighted by Crippen LogP contribution is 2.30. The summed E-state index contributed by atoms with van der Waals surface area (Å²) in [7, 11) is -3.66. The summed E-state index contributed by atoms with van der Waals surface area (Å²) in [6, 6.07) is 12.7. The Kier molecular flexibility index (Phi) is 7.96. The normalized spacial score (nSPS) is 15.2. The lowest BCUT2D eigenvalue weighted by Gasteiger charge is -2.33. The van der Waals surface area contributed by atoms with E-state index in [1.165, 1.54) is 4.31 Å². The number of hydrogen-bond donors (Lipinski definition) is 1. The van der Waals surface area contributed by atoms with Gasteiger partial charge in [0.2, 0.25) is 10.0 Å². The van der Waals surface area contributed by atoms with Crippen molar-refractivity contribution in [3.8, 4) is 0 Å². The van der Waals surface area contributed by atoms with E-state index in [1.54, 1.807) is 18.2 Å². The highest BCUT2D eigenvalue weighted by Gasteiger charge is 2.27. The molecule has 1 aliphatic heterocycles. The van der Waals surface area contributed by atoms with Gasteiger partial charge in [-0.15, -0.1) is 0 Å². The number of anilines is 2. The molecule has 0 aromatic heterocycles. The van der Waals surface area contributed by atoms with Crippen LogP contribution in [0.4, 0.5) is 11.4 Å². The zero-order valence-electron chi connectivity index (χ0n) is 19.6. The number of sulfonamides is 1. The molecule has 32 heavy (non-hydrogen) atoms. The van der Waals surface area contributed by atoms with Gasteiger partial charge in [-0.25, -0.2) is 8.42 Å². The van der Waals surface area contributed by atoms with E-state index in [0.717, 1.165) is 49.3 Å². The zero-order chi connectivity index (χ0) is 23.3. The third-order valence-corrected chi connectivity index (χ3v) is 8.37. The summed E-state index contributed by atoms with van der Waals surface area (Å²) in [5.41, 5.74) is 3.00. The average molecular weight is 458 g/mol. The third-order valence-electron chi connectivity index (χ3n) is 6.33. The minimum atomic E-state index is -3.66. The number of nitrogens with one attached hydrogen (secondary N) is 1. The predicted molar refractivity (Wildman–Crippen MR) is 131 cm³/mol. The molecule has 1 amide bonds. The molecule has 6 nitrogen and oxygen atoms in total. The highest BCUT2D eigenvalue weighted by molar-refractivity contribution is 7.89. The van der Waals surface area contributed by atoms with E-state index in [0.29, 0.717) is 24.6 Å². The quantitative estimate of drug-likeness (QED) is 0.620. The van der Waals surface area contributed by atoms with Gasteiger partial charge in [-0.2, -0.15) is 4.31 Å². The van der Waals surface area contributed by atoms with Crippen molar-refractivity contribution in [1.29, 1.82) is 0 Å². The fourth-order valence-corrected chi connectivity index (χ4v) is 5.72. The van der Waals surface area contributed by atoms with Crippen molar-refractivity contribution in [1.82, 2.24) is 4.31 Å². The van der Waals surface area contributed by atoms with Crippen molar-refractivity contribution in [2.45, 2.75) is 51.9 Å². The van der Waals surface area contributed by atoms with Gasteiger partial charge in [0.05, 0.1) is 10.5 Å². The number of carbonyl (C=O) groups is 1. The maximum absolute atomic E-state index is 13.5. The molecule has 1 aliphatic rings. The molecule has 0 aliphatic carbocycles. The van der Waals surface area contributed by atoms with Gasteiger partial charge < -0.3 is 10.2 Å². The maximum atomic E-state index is 13.5. The van der Waals surface area contributed by atoms with E-state index < -0.39 is 10.0 Å². The van der Waals surface area contributed by atoms with E-state index in [4.69, 9.17) is 0 Å². The first-order valence-corrected chi connectivity index (χ1v) is 13.0. The van der Waals surface area contributed by atoms with Crippen molar-refractivity contribution >= 4 is 27.3 Å². The zero-order valence-corrected chi connectivity index (χ0v) is 20.4. The highest BCUT2D eigenvalue weighted by atomic mass is 32.2. The molecule has 0 atom stereocenters. The van der Waals surface area contributed by atoms with Gasteiger partial charge in [-0.3, -0.25) is 4.79 Å². The van der Waals surface area contributed by atoms with Crippen LogP contribution in [0.1, 0.15) is 56.5 Å². The minimum Gasteiger partial charge on any atom is -0.371 e. The van der Waals surface area contributed by atoms with Crippen LogP contribution in [0.3, 0.4) is 0 Å². The molecule has 0 spiro atoms. The Labute approximate surface area is 192 Å². The lowest BCUT2D eigenvalue weighted by molar-refractivity contribution is 0.102. The molecule has 2 aromatic carbocycles. The molecule has 3 rings (SSSR count). The molecular weight excluding hydrogens is 422 g/mol. The Morgan fingerprint density at radius 1 is 1.06 bits per heavy atom. The van der Waals surface area contributed by atoms with Gasteiger partial charge in [-0.05, 0) is 55.0 Å². The second-order valence-corrected chi connectivity index (χ2v) is 10.3. The molecule has 0 radical (unpaired) electrons. The van der Waals surface area contributed by atoms with Gasteiger partial charge in [0.25, 0.3) is 5.91 Å². The van der Waals surface area contributed by atoms with Crippen LogP contribution in [0.5, 0.6) is 0 Å². The molecule has 1 N–H and O–H groups in total. The number of aryl methyl sites for hydroxylation is 1. The van der Waals surface area contributed by atoms with Gasteiger partial charge in [0, 0.05) is 37.6 Å². The van der Waals surface area contributed by atoms with Crippen molar-refractivity contribution in [3.05, 3.63) is 53.6 Å². The van der Waals surface area contributed by atoms with Crippen LogP contribution in [0.15, 0.2) is 47.4 Å². The van der Waals surface area contributed by atoms with Crippen LogP contribution >= 0.6 is 0 Å². The molecule has 1 saturated heterocycles. The number of benzene rings is 2. The SMILES string of the molecule is CCc1ccccc1NC(=O)c1cc(S(=O)(=O)N(CC)CC)ccc1N1CCC(C)CC1. The minimum absolute atomic E-state index is 0.157. The summed E-state index contributed by atoms with van der Waals surface area (Å²) in [6.45, 7) is 10.4. The standard InChI is InChI=1S/C25H35N3O3S/c1-5-20-10-8-9-11-23(20)26-25(29)22-18-21(32(30,31)28(6-2)7-3)12-13-24(22)27-16-14-19(4)15-17-27/h8-13,18-19H,5-7,14-17H2,1-4H3,(H,26,29). The fraction of sp³-hybridized carbons (Fsp3) is 0.480. The smallest absolute Gasteiger partial charge is 0.257 e. The van der Waals surface area contributed by atoms with Crippen molar-refractivity contribution in [2.75, 3.05) is 36.4 Å². The van der Waals surface area contributed by atoms with Crippen molar-refractivity contribution in [2.24, 2.45) is 5.92 Å². The predicted octanol–water partition coefficient (Wildman–Crippen LogP) is 4.77. The largest absolute Gasteiger partial charge is 0.371 e. The first-order valence-electron chi connectivity index (χ1n) is 11.6. The summed E-state index contributed by atoms with van der Waals surface area (Å²) < 4.78 is 27.7. The Morgan fingerprint density at radius 2 is 1.72 bits per heavy atom. The maximum Gasteiger partial charge on any atom is 0.257 e. The van der Waals surface area contributed by atoms with Gasteiger partial charge >= 0.3 is 0 Å². The van der Waals surface area contributed by atoms with Crippen molar-refractivity contribution in [3.63, 3.8) is 0 Å². The van der Waals surface area contributed by atoms with Crippen LogP contribution in [0.25, 0.3) is 0 Å². The molecule has 1 heterocycles. The molecule has 0 saturated carbocycles. The number of para-hydroxylation sites is 1. The van der Waals surface area contributed by atoms with Gasteiger partial charge in [-0.1, -0.05) is 45.9 Å². The molecule has 174 valence electrons. The summed E-state index contributed by atoms with van der Waals surface area (Å²) in [4.78, 5) is 15.8. The lowest BCUT2D eigenvalue weighted by Crippen LogP contribution is -2.35. The summed E-state index contributed by atoms with van der Waals surface area (Å²) in [6.07, 6.45) is 2.90. The van der Waals surface area contributed by atoms with E-state index in [2.05, 4.69) is 17.1 Å². The molecule has 1 fully saturated rings. The fourth-order valence-electron chi connectivity index (χ4n) is 4.24. The number of nitrogens with zero attached hydrogens (tertiary/aromatic N) is 2. The molecule has 2 aromatic rings. The van der Waals surface area contributed by atoms with Crippen LogP contribution in [-0.4, -0.2) is 44.8 Å². The topological polar surface area (TPSA) is 69.7 Å². The van der Waals surface area contributed by atoms with E-state index in [1.807, 2.05) is 45.0 Å². The number of piperidine rings is 1. The van der Waals surface area contributed by atoms with Crippen LogP contribution < -0.4 is 10.2 Å². The first kappa shape index (κ1) is 24.3. The Balaban J connectivity index is 2.04.